The van der Waals surface area contributed by atoms with E-state index in [-0.39, 0.29) is 17.3 Å². The van der Waals surface area contributed by atoms with Gasteiger partial charge in [-0.3, -0.25) is 4.79 Å². The van der Waals surface area contributed by atoms with Gasteiger partial charge in [0.15, 0.2) is 0 Å². The molecule has 1 rings (SSSR count). The first-order valence-electron chi connectivity index (χ1n) is 7.32. The number of hydrogen-bond donors (Lipinski definition) is 0. The Balaban J connectivity index is 2.59. The summed E-state index contributed by atoms with van der Waals surface area (Å²) in [4.78, 5) is 13.6. The van der Waals surface area contributed by atoms with Crippen LogP contribution in [0.25, 0.3) is 0 Å². The van der Waals surface area contributed by atoms with E-state index in [4.69, 9.17) is 0 Å². The maximum absolute atomic E-state index is 12.9. The second-order valence-corrected chi connectivity index (χ2v) is 6.99. The largest absolute Gasteiger partial charge is 0.343 e. The molecule has 7 heteroatoms. The van der Waals surface area contributed by atoms with Gasteiger partial charge in [0.2, 0.25) is 15.9 Å². The van der Waals surface area contributed by atoms with Gasteiger partial charge in [0, 0.05) is 33.1 Å². The molecule has 0 spiro atoms. The monoisotopic (exact) mass is 330 g/mol. The van der Waals surface area contributed by atoms with Crippen molar-refractivity contribution in [3.05, 3.63) is 30.1 Å². The van der Waals surface area contributed by atoms with E-state index < -0.39 is 15.8 Å². The Morgan fingerprint density at radius 3 is 2.18 bits per heavy atom. The number of amides is 1. The number of nitrogens with zero attached hydrogens (tertiary/aromatic N) is 2. The van der Waals surface area contributed by atoms with Crippen molar-refractivity contribution in [1.82, 2.24) is 9.21 Å². The van der Waals surface area contributed by atoms with E-state index in [0.29, 0.717) is 25.9 Å². The molecule has 124 valence electrons. The van der Waals surface area contributed by atoms with Crippen molar-refractivity contribution in [3.8, 4) is 0 Å². The fourth-order valence-corrected chi connectivity index (χ4v) is 3.30. The Kier molecular flexibility index (Phi) is 6.96. The number of carbonyl (C=O) groups is 1. The molecule has 1 amide bonds. The highest BCUT2D eigenvalue weighted by atomic mass is 32.2. The molecule has 0 bridgehead atoms. The zero-order chi connectivity index (χ0) is 16.8. The van der Waals surface area contributed by atoms with Crippen molar-refractivity contribution in [3.63, 3.8) is 0 Å². The predicted molar refractivity (Wildman–Crippen MR) is 83.4 cm³/mol. The Morgan fingerprint density at radius 1 is 1.14 bits per heavy atom. The van der Waals surface area contributed by atoms with Crippen LogP contribution in [0.2, 0.25) is 0 Å². The van der Waals surface area contributed by atoms with Crippen molar-refractivity contribution >= 4 is 15.9 Å². The quantitative estimate of drug-likeness (QED) is 0.733. The molecular weight excluding hydrogens is 307 g/mol. The number of carbonyl (C=O) groups excluding carboxylic acids is 1. The summed E-state index contributed by atoms with van der Waals surface area (Å²) in [7, 11) is -2.18. The Hall–Kier alpha value is -1.47. The molecule has 0 aliphatic carbocycles. The SMILES string of the molecule is CCN(CC)C(=O)CCCN(C)S(=O)(=O)c1ccc(F)cc1. The lowest BCUT2D eigenvalue weighted by molar-refractivity contribution is -0.130. The highest BCUT2D eigenvalue weighted by molar-refractivity contribution is 7.89. The van der Waals surface area contributed by atoms with Gasteiger partial charge in [0.05, 0.1) is 4.90 Å². The Morgan fingerprint density at radius 2 is 1.68 bits per heavy atom. The maximum atomic E-state index is 12.9. The molecule has 1 aromatic rings. The molecule has 0 aromatic heterocycles. The molecule has 5 nitrogen and oxygen atoms in total. The van der Waals surface area contributed by atoms with Gasteiger partial charge in [-0.05, 0) is 44.5 Å². The first kappa shape index (κ1) is 18.6. The van der Waals surface area contributed by atoms with Gasteiger partial charge < -0.3 is 4.90 Å². The molecule has 0 aliphatic rings. The van der Waals surface area contributed by atoms with E-state index in [1.807, 2.05) is 13.8 Å². The summed E-state index contributed by atoms with van der Waals surface area (Å²) in [6, 6.07) is 4.71. The highest BCUT2D eigenvalue weighted by Crippen LogP contribution is 2.15. The van der Waals surface area contributed by atoms with E-state index >= 15 is 0 Å². The van der Waals surface area contributed by atoms with E-state index in [1.165, 1.54) is 23.5 Å². The number of benzene rings is 1. The zero-order valence-electron chi connectivity index (χ0n) is 13.3. The van der Waals surface area contributed by atoms with Crippen LogP contribution in [0.15, 0.2) is 29.2 Å². The first-order valence-corrected chi connectivity index (χ1v) is 8.76. The molecule has 0 N–H and O–H groups in total. The fraction of sp³-hybridized carbons (Fsp3) is 0.533. The van der Waals surface area contributed by atoms with Gasteiger partial charge in [-0.25, -0.2) is 17.1 Å². The zero-order valence-corrected chi connectivity index (χ0v) is 14.1. The molecule has 0 fully saturated rings. The summed E-state index contributed by atoms with van der Waals surface area (Å²) in [6.45, 7) is 5.36. The smallest absolute Gasteiger partial charge is 0.242 e. The van der Waals surface area contributed by atoms with Crippen LogP contribution in [0.4, 0.5) is 4.39 Å². The van der Waals surface area contributed by atoms with Crippen molar-refractivity contribution in [2.45, 2.75) is 31.6 Å². The van der Waals surface area contributed by atoms with Crippen molar-refractivity contribution < 1.29 is 17.6 Å². The average Bonchev–Trinajstić information content (AvgIpc) is 2.48. The summed E-state index contributed by atoms with van der Waals surface area (Å²) in [6.07, 6.45) is 0.761. The molecular formula is C15H23FN2O3S. The van der Waals surface area contributed by atoms with Gasteiger partial charge in [0.25, 0.3) is 0 Å². The standard InChI is InChI=1S/C15H23FN2O3S/c1-4-18(5-2)15(19)7-6-12-17(3)22(20,21)14-10-8-13(16)9-11-14/h8-11H,4-7,12H2,1-3H3. The van der Waals surface area contributed by atoms with Crippen LogP contribution in [-0.4, -0.2) is 50.2 Å². The molecule has 0 unspecified atom stereocenters. The lowest BCUT2D eigenvalue weighted by Crippen LogP contribution is -2.32. The molecule has 0 radical (unpaired) electrons. The number of rotatable bonds is 8. The van der Waals surface area contributed by atoms with Gasteiger partial charge in [-0.15, -0.1) is 0 Å². The summed E-state index contributed by atoms with van der Waals surface area (Å²) < 4.78 is 38.6. The number of sulfonamides is 1. The van der Waals surface area contributed by atoms with Crippen LogP contribution < -0.4 is 0 Å². The lowest BCUT2D eigenvalue weighted by Gasteiger charge is -2.20. The molecule has 0 saturated heterocycles. The summed E-state index contributed by atoms with van der Waals surface area (Å²) in [5.41, 5.74) is 0. The number of hydrogen-bond acceptors (Lipinski definition) is 3. The highest BCUT2D eigenvalue weighted by Gasteiger charge is 2.20. The molecule has 0 heterocycles. The Bertz CT molecular complexity index is 583. The predicted octanol–water partition coefficient (Wildman–Crippen LogP) is 2.09. The van der Waals surface area contributed by atoms with Crippen molar-refractivity contribution in [2.24, 2.45) is 0 Å². The van der Waals surface area contributed by atoms with Crippen LogP contribution in [0.1, 0.15) is 26.7 Å². The lowest BCUT2D eigenvalue weighted by atomic mass is 10.2. The van der Waals surface area contributed by atoms with E-state index in [0.717, 1.165) is 12.1 Å². The van der Waals surface area contributed by atoms with E-state index in [9.17, 15) is 17.6 Å². The van der Waals surface area contributed by atoms with Gasteiger partial charge in [-0.1, -0.05) is 0 Å². The minimum Gasteiger partial charge on any atom is -0.343 e. The third-order valence-electron chi connectivity index (χ3n) is 3.50. The average molecular weight is 330 g/mol. The topological polar surface area (TPSA) is 57.7 Å². The van der Waals surface area contributed by atoms with Crippen LogP contribution in [0, 0.1) is 5.82 Å². The van der Waals surface area contributed by atoms with Crippen molar-refractivity contribution in [2.75, 3.05) is 26.7 Å². The minimum absolute atomic E-state index is 0.0255. The second-order valence-electron chi connectivity index (χ2n) is 4.95. The molecule has 22 heavy (non-hydrogen) atoms. The first-order chi connectivity index (χ1) is 10.3. The van der Waals surface area contributed by atoms with E-state index in [2.05, 4.69) is 0 Å². The molecule has 0 atom stereocenters. The van der Waals surface area contributed by atoms with Gasteiger partial charge in [0.1, 0.15) is 5.82 Å². The van der Waals surface area contributed by atoms with Crippen molar-refractivity contribution in [1.29, 1.82) is 0 Å². The molecule has 1 aromatic carbocycles. The van der Waals surface area contributed by atoms with Gasteiger partial charge >= 0.3 is 0 Å². The number of halogens is 1. The third kappa shape index (κ3) is 4.78. The fourth-order valence-electron chi connectivity index (χ4n) is 2.09. The summed E-state index contributed by atoms with van der Waals surface area (Å²) in [5.74, 6) is -0.455. The summed E-state index contributed by atoms with van der Waals surface area (Å²) >= 11 is 0. The Labute approximate surface area is 131 Å². The second kappa shape index (κ2) is 8.24. The third-order valence-corrected chi connectivity index (χ3v) is 5.37. The molecule has 0 aliphatic heterocycles. The van der Waals surface area contributed by atoms with Crippen LogP contribution in [0.3, 0.4) is 0 Å². The van der Waals surface area contributed by atoms with Crippen LogP contribution in [-0.2, 0) is 14.8 Å². The normalized spacial score (nSPS) is 11.7. The maximum Gasteiger partial charge on any atom is 0.242 e. The van der Waals surface area contributed by atoms with E-state index in [1.54, 1.807) is 4.90 Å². The van der Waals surface area contributed by atoms with Gasteiger partial charge in [-0.2, -0.15) is 0 Å². The molecule has 0 saturated carbocycles. The minimum atomic E-state index is -3.64. The summed E-state index contributed by atoms with van der Waals surface area (Å²) in [5, 5.41) is 0. The van der Waals surface area contributed by atoms with Crippen LogP contribution in [0.5, 0.6) is 0 Å². The van der Waals surface area contributed by atoms with Crippen LogP contribution >= 0.6 is 0 Å².